The van der Waals surface area contributed by atoms with E-state index in [1.807, 2.05) is 48.5 Å². The summed E-state index contributed by atoms with van der Waals surface area (Å²) < 4.78 is 15.9. The number of carboxylic acid groups (broad SMARTS) is 1. The lowest BCUT2D eigenvalue weighted by atomic mass is 9.85. The molecule has 2 unspecified atom stereocenters. The van der Waals surface area contributed by atoms with E-state index in [0.29, 0.717) is 0 Å². The highest BCUT2D eigenvalue weighted by Crippen LogP contribution is 2.44. The van der Waals surface area contributed by atoms with E-state index in [4.69, 9.17) is 14.2 Å². The molecule has 180 valence electrons. The number of fused-ring (bicyclic) bond motifs is 3. The second-order valence-electron chi connectivity index (χ2n) is 8.78. The van der Waals surface area contributed by atoms with Crippen LogP contribution in [0.15, 0.2) is 48.5 Å². The van der Waals surface area contributed by atoms with Gasteiger partial charge in [0.25, 0.3) is 0 Å². The van der Waals surface area contributed by atoms with Gasteiger partial charge in [-0.25, -0.2) is 4.79 Å². The molecule has 4 rings (SSSR count). The van der Waals surface area contributed by atoms with E-state index in [-0.39, 0.29) is 32.3 Å². The Balaban J connectivity index is 1.39. The molecule has 2 aromatic carbocycles. The van der Waals surface area contributed by atoms with Crippen molar-refractivity contribution in [1.29, 1.82) is 0 Å². The van der Waals surface area contributed by atoms with Gasteiger partial charge in [-0.15, -0.1) is 0 Å². The molecule has 0 radical (unpaired) electrons. The number of nitrogens with one attached hydrogen (secondary N) is 2. The van der Waals surface area contributed by atoms with Crippen molar-refractivity contribution in [3.8, 4) is 11.1 Å². The second kappa shape index (κ2) is 9.82. The van der Waals surface area contributed by atoms with Crippen LogP contribution in [-0.2, 0) is 23.8 Å². The molecular formula is C25H28N2O7. The van der Waals surface area contributed by atoms with Crippen molar-refractivity contribution in [2.45, 2.75) is 24.9 Å². The number of alkyl carbamates (subject to hydrolysis) is 1. The van der Waals surface area contributed by atoms with Gasteiger partial charge in [-0.3, -0.25) is 9.59 Å². The molecule has 3 N–H and O–H groups in total. The molecule has 2 aromatic rings. The maximum absolute atomic E-state index is 12.8. The standard InChI is InChI=1S/C25H28N2O7/c1-25(23(29)30)14-33-13-21(25)27-22(28)20(12-32-2)26-24(31)34-11-19-17-9-5-3-7-15(17)16-8-4-6-10-18(16)19/h3-10,19-21H,11-14H2,1-2H3,(H,26,31)(H,27,28)(H,29,30)/t20-,21?,25?/m0/s1. The predicted molar refractivity (Wildman–Crippen MR) is 122 cm³/mol. The minimum Gasteiger partial charge on any atom is -0.481 e. The third-order valence-corrected chi connectivity index (χ3v) is 6.55. The quantitative estimate of drug-likeness (QED) is 0.542. The van der Waals surface area contributed by atoms with Crippen molar-refractivity contribution >= 4 is 18.0 Å². The summed E-state index contributed by atoms with van der Waals surface area (Å²) in [6.07, 6.45) is -0.761. The maximum atomic E-state index is 12.8. The molecule has 9 nitrogen and oxygen atoms in total. The molecule has 0 spiro atoms. The van der Waals surface area contributed by atoms with E-state index >= 15 is 0 Å². The maximum Gasteiger partial charge on any atom is 0.407 e. The Kier molecular flexibility index (Phi) is 6.85. The van der Waals surface area contributed by atoms with Gasteiger partial charge >= 0.3 is 12.1 Å². The van der Waals surface area contributed by atoms with Crippen molar-refractivity contribution < 1.29 is 33.7 Å². The van der Waals surface area contributed by atoms with Crippen LogP contribution in [0.5, 0.6) is 0 Å². The third-order valence-electron chi connectivity index (χ3n) is 6.55. The molecule has 1 aliphatic carbocycles. The third kappa shape index (κ3) is 4.49. The van der Waals surface area contributed by atoms with Gasteiger partial charge in [0.2, 0.25) is 5.91 Å². The summed E-state index contributed by atoms with van der Waals surface area (Å²) in [5.41, 5.74) is 3.14. The first-order valence-electron chi connectivity index (χ1n) is 11.1. The van der Waals surface area contributed by atoms with Crippen molar-refractivity contribution in [1.82, 2.24) is 10.6 Å². The van der Waals surface area contributed by atoms with Gasteiger partial charge in [0.1, 0.15) is 18.1 Å². The number of carbonyl (C=O) groups excluding carboxylic acids is 2. The monoisotopic (exact) mass is 468 g/mol. The van der Waals surface area contributed by atoms with Crippen LogP contribution < -0.4 is 10.6 Å². The smallest absolute Gasteiger partial charge is 0.407 e. The zero-order chi connectivity index (χ0) is 24.3. The number of hydrogen-bond acceptors (Lipinski definition) is 6. The summed E-state index contributed by atoms with van der Waals surface area (Å²) in [6.45, 7) is 1.57. The number of amides is 2. The average Bonchev–Trinajstić information content (AvgIpc) is 3.36. The van der Waals surface area contributed by atoms with E-state index in [0.717, 1.165) is 22.3 Å². The van der Waals surface area contributed by atoms with Gasteiger partial charge in [-0.1, -0.05) is 48.5 Å². The topological polar surface area (TPSA) is 123 Å². The fraction of sp³-hybridized carbons (Fsp3) is 0.400. The molecule has 1 heterocycles. The van der Waals surface area contributed by atoms with Gasteiger partial charge in [-0.05, 0) is 29.2 Å². The first kappa shape index (κ1) is 23.7. The summed E-state index contributed by atoms with van der Waals surface area (Å²) in [7, 11) is 1.40. The van der Waals surface area contributed by atoms with Gasteiger partial charge in [0.15, 0.2) is 0 Å². The van der Waals surface area contributed by atoms with Crippen LogP contribution in [0, 0.1) is 5.41 Å². The molecule has 9 heteroatoms. The lowest BCUT2D eigenvalue weighted by molar-refractivity contribution is -0.149. The van der Waals surface area contributed by atoms with E-state index in [2.05, 4.69) is 10.6 Å². The number of rotatable bonds is 8. The summed E-state index contributed by atoms with van der Waals surface area (Å²) >= 11 is 0. The van der Waals surface area contributed by atoms with Gasteiger partial charge in [0, 0.05) is 13.0 Å². The predicted octanol–water partition coefficient (Wildman–Crippen LogP) is 2.15. The molecule has 3 atom stereocenters. The van der Waals surface area contributed by atoms with E-state index in [1.54, 1.807) is 0 Å². The van der Waals surface area contributed by atoms with Crippen molar-refractivity contribution in [3.63, 3.8) is 0 Å². The number of ether oxygens (including phenoxy) is 3. The van der Waals surface area contributed by atoms with Crippen molar-refractivity contribution in [2.24, 2.45) is 5.41 Å². The number of hydrogen-bond donors (Lipinski definition) is 3. The van der Waals surface area contributed by atoms with E-state index < -0.39 is 35.5 Å². The van der Waals surface area contributed by atoms with E-state index in [9.17, 15) is 19.5 Å². The van der Waals surface area contributed by atoms with Gasteiger partial charge < -0.3 is 30.0 Å². The van der Waals surface area contributed by atoms with Crippen LogP contribution in [0.3, 0.4) is 0 Å². The lowest BCUT2D eigenvalue weighted by Gasteiger charge is -2.27. The van der Waals surface area contributed by atoms with Gasteiger partial charge in [-0.2, -0.15) is 0 Å². The van der Waals surface area contributed by atoms with Crippen LogP contribution in [0.25, 0.3) is 11.1 Å². The SMILES string of the molecule is COC[C@H](NC(=O)OCC1c2ccccc2-c2ccccc21)C(=O)NC1COCC1(C)C(=O)O. The van der Waals surface area contributed by atoms with E-state index in [1.165, 1.54) is 14.0 Å². The number of carbonyl (C=O) groups is 3. The highest BCUT2D eigenvalue weighted by atomic mass is 16.5. The van der Waals surface area contributed by atoms with Crippen molar-refractivity contribution in [3.05, 3.63) is 59.7 Å². The Labute approximate surface area is 197 Å². The average molecular weight is 469 g/mol. The largest absolute Gasteiger partial charge is 0.481 e. The minimum absolute atomic E-state index is 0.0119. The van der Waals surface area contributed by atoms with Crippen molar-refractivity contribution in [2.75, 3.05) is 33.5 Å². The highest BCUT2D eigenvalue weighted by Gasteiger charge is 2.48. The van der Waals surface area contributed by atoms with Gasteiger partial charge in [0.05, 0.1) is 25.9 Å². The first-order chi connectivity index (χ1) is 16.3. The molecule has 0 aromatic heterocycles. The first-order valence-corrected chi connectivity index (χ1v) is 11.1. The molecule has 2 aliphatic rings. The lowest BCUT2D eigenvalue weighted by Crippen LogP contribution is -2.56. The number of aliphatic carboxylic acids is 1. The zero-order valence-corrected chi connectivity index (χ0v) is 19.1. The molecule has 0 saturated carbocycles. The highest BCUT2D eigenvalue weighted by molar-refractivity contribution is 5.87. The number of carboxylic acids is 1. The van der Waals surface area contributed by atoms with Crippen LogP contribution >= 0.6 is 0 Å². The Morgan fingerprint density at radius 2 is 1.74 bits per heavy atom. The molecular weight excluding hydrogens is 440 g/mol. The Morgan fingerprint density at radius 3 is 2.32 bits per heavy atom. The Bertz CT molecular complexity index is 1040. The molecule has 34 heavy (non-hydrogen) atoms. The zero-order valence-electron chi connectivity index (χ0n) is 19.1. The van der Waals surface area contributed by atoms with Crippen LogP contribution in [0.2, 0.25) is 0 Å². The number of benzene rings is 2. The normalized spacial score (nSPS) is 21.9. The van der Waals surface area contributed by atoms with Crippen LogP contribution in [0.4, 0.5) is 4.79 Å². The Morgan fingerprint density at radius 1 is 1.12 bits per heavy atom. The summed E-state index contributed by atoms with van der Waals surface area (Å²) in [4.78, 5) is 37.0. The van der Waals surface area contributed by atoms with Crippen LogP contribution in [-0.4, -0.2) is 68.7 Å². The fourth-order valence-corrected chi connectivity index (χ4v) is 4.49. The fourth-order valence-electron chi connectivity index (χ4n) is 4.49. The summed E-state index contributed by atoms with van der Waals surface area (Å²) in [6, 6.07) is 14.2. The molecule has 1 saturated heterocycles. The summed E-state index contributed by atoms with van der Waals surface area (Å²) in [5, 5.41) is 14.7. The molecule has 0 bridgehead atoms. The Hall–Kier alpha value is -3.43. The second-order valence-corrected chi connectivity index (χ2v) is 8.78. The van der Waals surface area contributed by atoms with Crippen LogP contribution in [0.1, 0.15) is 24.0 Å². The molecule has 1 fully saturated rings. The molecule has 2 amide bonds. The molecule has 1 aliphatic heterocycles. The summed E-state index contributed by atoms with van der Waals surface area (Å²) in [5.74, 6) is -1.75. The number of methoxy groups -OCH3 is 1. The minimum atomic E-state index is -1.25.